The summed E-state index contributed by atoms with van der Waals surface area (Å²) >= 11 is 12.8. The maximum absolute atomic E-state index is 13.4. The van der Waals surface area contributed by atoms with E-state index in [1.165, 1.54) is 0 Å². The lowest BCUT2D eigenvalue weighted by Crippen LogP contribution is -2.47. The lowest BCUT2D eigenvalue weighted by Gasteiger charge is -2.32. The van der Waals surface area contributed by atoms with Gasteiger partial charge in [0.15, 0.2) is 0 Å². The fraction of sp³-hybridized carbons (Fsp3) is 0.292. The summed E-state index contributed by atoms with van der Waals surface area (Å²) in [6.45, 7) is 1.75. The number of ether oxygens (including phenoxy) is 3. The molecule has 2 aliphatic heterocycles. The summed E-state index contributed by atoms with van der Waals surface area (Å²) in [6.07, 6.45) is 1.35. The molecule has 160 valence electrons. The maximum Gasteiger partial charge on any atom is 0.292 e. The third kappa shape index (κ3) is 3.46. The van der Waals surface area contributed by atoms with Crippen molar-refractivity contribution < 1.29 is 19.0 Å². The predicted octanol–water partition coefficient (Wildman–Crippen LogP) is 5.55. The summed E-state index contributed by atoms with van der Waals surface area (Å²) in [5.74, 6) is -0.877. The van der Waals surface area contributed by atoms with Crippen molar-refractivity contribution in [3.8, 4) is 5.75 Å². The molecule has 1 fully saturated rings. The molecule has 0 aromatic heterocycles. The first-order valence-electron chi connectivity index (χ1n) is 10.3. The van der Waals surface area contributed by atoms with Crippen LogP contribution in [0.5, 0.6) is 5.75 Å². The summed E-state index contributed by atoms with van der Waals surface area (Å²) in [5.41, 5.74) is 1.17. The Labute approximate surface area is 190 Å². The van der Waals surface area contributed by atoms with Crippen molar-refractivity contribution in [2.75, 3.05) is 31.3 Å². The van der Waals surface area contributed by atoms with Crippen LogP contribution in [0.1, 0.15) is 18.4 Å². The SMILES string of the molecule is O=C1N(CCCOc2cccc3ccccc23)c2c(ccc(Cl)c2Cl)C12OCCCO2. The van der Waals surface area contributed by atoms with Gasteiger partial charge in [-0.1, -0.05) is 59.6 Å². The van der Waals surface area contributed by atoms with Gasteiger partial charge >= 0.3 is 0 Å². The van der Waals surface area contributed by atoms with Gasteiger partial charge in [-0.3, -0.25) is 4.79 Å². The minimum Gasteiger partial charge on any atom is -0.493 e. The average Bonchev–Trinajstić information content (AvgIpc) is 3.02. The van der Waals surface area contributed by atoms with Crippen LogP contribution in [0.25, 0.3) is 10.8 Å². The number of benzene rings is 3. The van der Waals surface area contributed by atoms with E-state index in [4.69, 9.17) is 37.4 Å². The van der Waals surface area contributed by atoms with E-state index in [9.17, 15) is 4.79 Å². The molecule has 1 amide bonds. The van der Waals surface area contributed by atoms with E-state index >= 15 is 0 Å². The number of nitrogens with zero attached hydrogens (tertiary/aromatic N) is 1. The van der Waals surface area contributed by atoms with Crippen molar-refractivity contribution in [2.45, 2.75) is 18.6 Å². The van der Waals surface area contributed by atoms with Crippen molar-refractivity contribution in [3.63, 3.8) is 0 Å². The van der Waals surface area contributed by atoms with Crippen LogP contribution in [0.4, 0.5) is 5.69 Å². The zero-order valence-electron chi connectivity index (χ0n) is 16.8. The third-order valence-corrected chi connectivity index (χ3v) is 6.45. The minimum absolute atomic E-state index is 0.267. The van der Waals surface area contributed by atoms with Gasteiger partial charge in [0.1, 0.15) is 5.75 Å². The van der Waals surface area contributed by atoms with E-state index in [1.54, 1.807) is 17.0 Å². The van der Waals surface area contributed by atoms with Crippen LogP contribution in [0.3, 0.4) is 0 Å². The molecule has 0 saturated carbocycles. The van der Waals surface area contributed by atoms with E-state index in [0.717, 1.165) is 22.9 Å². The van der Waals surface area contributed by atoms with E-state index in [2.05, 4.69) is 12.1 Å². The van der Waals surface area contributed by atoms with Crippen LogP contribution in [0, 0.1) is 0 Å². The Kier molecular flexibility index (Phi) is 5.52. The van der Waals surface area contributed by atoms with Gasteiger partial charge in [-0.15, -0.1) is 0 Å². The van der Waals surface area contributed by atoms with E-state index < -0.39 is 5.79 Å². The Morgan fingerprint density at radius 3 is 2.61 bits per heavy atom. The molecule has 1 saturated heterocycles. The highest BCUT2D eigenvalue weighted by atomic mass is 35.5. The van der Waals surface area contributed by atoms with Gasteiger partial charge in [-0.25, -0.2) is 0 Å². The number of hydrogen-bond acceptors (Lipinski definition) is 4. The fourth-order valence-corrected chi connectivity index (χ4v) is 4.63. The second kappa shape index (κ2) is 8.32. The lowest BCUT2D eigenvalue weighted by atomic mass is 10.1. The monoisotopic (exact) mass is 457 g/mol. The molecule has 0 atom stereocenters. The summed E-state index contributed by atoms with van der Waals surface area (Å²) < 4.78 is 17.8. The molecule has 2 heterocycles. The van der Waals surface area contributed by atoms with E-state index in [1.807, 2.05) is 30.3 Å². The number of carbonyl (C=O) groups is 1. The Morgan fingerprint density at radius 2 is 1.77 bits per heavy atom. The molecule has 0 N–H and O–H groups in total. The molecule has 7 heteroatoms. The Bertz CT molecular complexity index is 1140. The molecule has 31 heavy (non-hydrogen) atoms. The van der Waals surface area contributed by atoms with Crippen molar-refractivity contribution in [1.82, 2.24) is 0 Å². The number of fused-ring (bicyclic) bond motifs is 3. The number of halogens is 2. The number of carbonyl (C=O) groups excluding carboxylic acids is 1. The van der Waals surface area contributed by atoms with E-state index in [-0.39, 0.29) is 5.91 Å². The predicted molar refractivity (Wildman–Crippen MR) is 121 cm³/mol. The first-order valence-corrected chi connectivity index (χ1v) is 11.1. The summed E-state index contributed by atoms with van der Waals surface area (Å²) in [4.78, 5) is 15.0. The van der Waals surface area contributed by atoms with Crippen LogP contribution in [0.15, 0.2) is 54.6 Å². The molecule has 5 nitrogen and oxygen atoms in total. The average molecular weight is 458 g/mol. The number of amides is 1. The van der Waals surface area contributed by atoms with Crippen LogP contribution >= 0.6 is 23.2 Å². The topological polar surface area (TPSA) is 48.0 Å². The van der Waals surface area contributed by atoms with Crippen molar-refractivity contribution in [1.29, 1.82) is 0 Å². The minimum atomic E-state index is -1.43. The second-order valence-corrected chi connectivity index (χ2v) is 8.35. The second-order valence-electron chi connectivity index (χ2n) is 7.56. The molecular formula is C24H21Cl2NO4. The number of anilines is 1. The van der Waals surface area contributed by atoms with Gasteiger partial charge in [0.05, 0.1) is 35.6 Å². The molecule has 0 radical (unpaired) electrons. The van der Waals surface area contributed by atoms with Gasteiger partial charge in [0.2, 0.25) is 0 Å². The largest absolute Gasteiger partial charge is 0.493 e. The normalized spacial score (nSPS) is 17.4. The first kappa shape index (κ1) is 20.6. The molecular weight excluding hydrogens is 437 g/mol. The highest BCUT2D eigenvalue weighted by molar-refractivity contribution is 6.44. The van der Waals surface area contributed by atoms with Gasteiger partial charge < -0.3 is 19.1 Å². The summed E-state index contributed by atoms with van der Waals surface area (Å²) in [7, 11) is 0. The van der Waals surface area contributed by atoms with Crippen LogP contribution < -0.4 is 9.64 Å². The summed E-state index contributed by atoms with van der Waals surface area (Å²) in [6, 6.07) is 17.5. The molecule has 0 bridgehead atoms. The fourth-order valence-electron chi connectivity index (χ4n) is 4.21. The van der Waals surface area contributed by atoms with Crippen LogP contribution in [-0.4, -0.2) is 32.3 Å². The number of rotatable bonds is 5. The van der Waals surface area contributed by atoms with Crippen molar-refractivity contribution in [3.05, 3.63) is 70.2 Å². The lowest BCUT2D eigenvalue weighted by molar-refractivity contribution is -0.256. The zero-order valence-corrected chi connectivity index (χ0v) is 18.3. The molecule has 1 spiro atoms. The molecule has 3 aromatic carbocycles. The van der Waals surface area contributed by atoms with Crippen LogP contribution in [-0.2, 0) is 20.1 Å². The number of hydrogen-bond donors (Lipinski definition) is 0. The molecule has 0 aliphatic carbocycles. The van der Waals surface area contributed by atoms with E-state index in [0.29, 0.717) is 54.1 Å². The Hall–Kier alpha value is -2.31. The Balaban J connectivity index is 1.35. The molecule has 0 unspecified atom stereocenters. The standard InChI is InChI=1S/C24H21Cl2NO4/c25-19-11-10-18-22(21(19)26)27(23(28)24(18)30-14-5-15-31-24)12-4-13-29-20-9-3-7-16-6-1-2-8-17(16)20/h1-3,6-11H,4-5,12-15H2. The van der Waals surface area contributed by atoms with Crippen molar-refractivity contribution >= 4 is 45.6 Å². The zero-order chi connectivity index (χ0) is 21.4. The smallest absolute Gasteiger partial charge is 0.292 e. The van der Waals surface area contributed by atoms with Gasteiger partial charge in [-0.2, -0.15) is 0 Å². The van der Waals surface area contributed by atoms with Gasteiger partial charge in [-0.05, 0) is 36.4 Å². The Morgan fingerprint density at radius 1 is 1.00 bits per heavy atom. The van der Waals surface area contributed by atoms with Crippen molar-refractivity contribution in [2.24, 2.45) is 0 Å². The molecule has 3 aromatic rings. The van der Waals surface area contributed by atoms with Gasteiger partial charge in [0, 0.05) is 17.5 Å². The highest BCUT2D eigenvalue weighted by Gasteiger charge is 2.55. The third-order valence-electron chi connectivity index (χ3n) is 5.65. The quantitative estimate of drug-likeness (QED) is 0.471. The maximum atomic E-state index is 13.4. The molecule has 2 aliphatic rings. The van der Waals surface area contributed by atoms with Crippen LogP contribution in [0.2, 0.25) is 10.0 Å². The highest BCUT2D eigenvalue weighted by Crippen LogP contribution is 2.50. The molecule has 5 rings (SSSR count). The summed E-state index contributed by atoms with van der Waals surface area (Å²) in [5, 5.41) is 2.90. The first-order chi connectivity index (χ1) is 15.1. The van der Waals surface area contributed by atoms with Gasteiger partial charge in [0.25, 0.3) is 11.7 Å².